The average molecular weight is 257 g/mol. The van der Waals surface area contributed by atoms with E-state index in [1.165, 1.54) is 0 Å². The number of aromatic nitrogens is 2. The van der Waals surface area contributed by atoms with Gasteiger partial charge in [0, 0.05) is 6.07 Å². The number of nitrogens with zero attached hydrogens (tertiary/aromatic N) is 2. The number of nitrogens with two attached hydrogens (primary N) is 1. The summed E-state index contributed by atoms with van der Waals surface area (Å²) >= 11 is 0. The molecule has 1 saturated heterocycles. The molecule has 0 bridgehead atoms. The van der Waals surface area contributed by atoms with Gasteiger partial charge in [-0.15, -0.1) is 0 Å². The molecule has 1 atom stereocenters. The molecule has 0 aromatic carbocycles. The predicted molar refractivity (Wildman–Crippen MR) is 67.5 cm³/mol. The zero-order valence-electron chi connectivity index (χ0n) is 10.3. The summed E-state index contributed by atoms with van der Waals surface area (Å²) in [6.45, 7) is 4.24. The van der Waals surface area contributed by atoms with E-state index >= 15 is 0 Å². The molecule has 2 N–H and O–H groups in total. The molecule has 0 amide bonds. The number of sulfone groups is 1. The maximum Gasteiger partial charge on any atom is 0.152 e. The Labute approximate surface area is 102 Å². The monoisotopic (exact) mass is 257 g/mol. The second-order valence-corrected chi connectivity index (χ2v) is 7.39. The van der Waals surface area contributed by atoms with E-state index < -0.39 is 9.84 Å². The minimum Gasteiger partial charge on any atom is -0.384 e. The predicted octanol–water partition coefficient (Wildman–Crippen LogP) is 1.02. The van der Waals surface area contributed by atoms with Crippen LogP contribution in [0.1, 0.15) is 32.0 Å². The first-order valence-electron chi connectivity index (χ1n) is 5.92. The number of hydrogen-bond acceptors (Lipinski definition) is 4. The number of nitrogen functional groups attached to an aromatic ring is 1. The Morgan fingerprint density at radius 3 is 2.82 bits per heavy atom. The Balaban J connectivity index is 2.19. The molecule has 0 spiro atoms. The summed E-state index contributed by atoms with van der Waals surface area (Å²) in [5.41, 5.74) is 6.84. The number of hydrogen-bond donors (Lipinski definition) is 1. The fourth-order valence-corrected chi connectivity index (χ4v) is 3.93. The van der Waals surface area contributed by atoms with Gasteiger partial charge in [-0.05, 0) is 18.8 Å². The summed E-state index contributed by atoms with van der Waals surface area (Å²) in [4.78, 5) is 0. The Hall–Kier alpha value is -1.04. The van der Waals surface area contributed by atoms with Crippen molar-refractivity contribution < 1.29 is 8.42 Å². The molecule has 1 aromatic rings. The molecule has 1 unspecified atom stereocenters. The average Bonchev–Trinajstić information content (AvgIpc) is 2.68. The lowest BCUT2D eigenvalue weighted by atomic mass is 10.1. The quantitative estimate of drug-likeness (QED) is 0.877. The molecule has 1 fully saturated rings. The first-order valence-corrected chi connectivity index (χ1v) is 7.74. The molecule has 6 heteroatoms. The molecule has 5 nitrogen and oxygen atoms in total. The van der Waals surface area contributed by atoms with Crippen molar-refractivity contribution >= 4 is 15.7 Å². The zero-order chi connectivity index (χ0) is 12.6. The van der Waals surface area contributed by atoms with Crippen molar-refractivity contribution in [2.45, 2.75) is 32.7 Å². The highest BCUT2D eigenvalue weighted by Crippen LogP contribution is 2.26. The van der Waals surface area contributed by atoms with Crippen LogP contribution in [0.25, 0.3) is 0 Å². The van der Waals surface area contributed by atoms with Crippen LogP contribution in [0.2, 0.25) is 0 Å². The van der Waals surface area contributed by atoms with Crippen molar-refractivity contribution in [3.63, 3.8) is 0 Å². The van der Waals surface area contributed by atoms with E-state index in [1.807, 2.05) is 6.07 Å². The third-order valence-electron chi connectivity index (χ3n) is 2.99. The van der Waals surface area contributed by atoms with E-state index in [1.54, 1.807) is 4.68 Å². The van der Waals surface area contributed by atoms with E-state index in [4.69, 9.17) is 5.73 Å². The van der Waals surface area contributed by atoms with Crippen molar-refractivity contribution in [3.05, 3.63) is 11.8 Å². The summed E-state index contributed by atoms with van der Waals surface area (Å²) in [6, 6.07) is 1.77. The van der Waals surface area contributed by atoms with Gasteiger partial charge in [-0.25, -0.2) is 13.1 Å². The molecule has 2 heterocycles. The Morgan fingerprint density at radius 2 is 2.29 bits per heavy atom. The Bertz CT molecular complexity index is 505. The van der Waals surface area contributed by atoms with Gasteiger partial charge in [-0.1, -0.05) is 13.8 Å². The molecule has 96 valence electrons. The molecule has 1 aromatic heterocycles. The lowest BCUT2D eigenvalue weighted by Gasteiger charge is -2.10. The first-order chi connectivity index (χ1) is 7.87. The van der Waals surface area contributed by atoms with Crippen LogP contribution in [0, 0.1) is 5.92 Å². The van der Waals surface area contributed by atoms with Crippen LogP contribution in [0.15, 0.2) is 6.07 Å². The van der Waals surface area contributed by atoms with Gasteiger partial charge < -0.3 is 5.73 Å². The van der Waals surface area contributed by atoms with Crippen molar-refractivity contribution in [1.29, 1.82) is 0 Å². The largest absolute Gasteiger partial charge is 0.384 e. The lowest BCUT2D eigenvalue weighted by Crippen LogP contribution is -2.14. The van der Waals surface area contributed by atoms with E-state index in [9.17, 15) is 8.42 Å². The number of rotatable bonds is 3. The minimum absolute atomic E-state index is 0.0825. The van der Waals surface area contributed by atoms with Gasteiger partial charge in [0.2, 0.25) is 0 Å². The Kier molecular flexibility index (Phi) is 3.16. The zero-order valence-corrected chi connectivity index (χ0v) is 11.1. The number of anilines is 1. The van der Waals surface area contributed by atoms with E-state index in [2.05, 4.69) is 18.9 Å². The molecular weight excluding hydrogens is 238 g/mol. The Morgan fingerprint density at radius 1 is 1.59 bits per heavy atom. The second kappa shape index (κ2) is 4.33. The van der Waals surface area contributed by atoms with Gasteiger partial charge in [0.1, 0.15) is 5.82 Å². The van der Waals surface area contributed by atoms with E-state index in [0.717, 1.165) is 12.1 Å². The van der Waals surface area contributed by atoms with E-state index in [-0.39, 0.29) is 17.5 Å². The van der Waals surface area contributed by atoms with Gasteiger partial charge >= 0.3 is 0 Å². The molecule has 2 rings (SSSR count). The minimum atomic E-state index is -2.89. The summed E-state index contributed by atoms with van der Waals surface area (Å²) in [5, 5.41) is 4.42. The van der Waals surface area contributed by atoms with Crippen LogP contribution in [-0.2, 0) is 16.3 Å². The maximum atomic E-state index is 11.4. The van der Waals surface area contributed by atoms with Crippen LogP contribution in [0.5, 0.6) is 0 Å². The van der Waals surface area contributed by atoms with E-state index in [0.29, 0.717) is 18.2 Å². The summed E-state index contributed by atoms with van der Waals surface area (Å²) < 4.78 is 24.5. The van der Waals surface area contributed by atoms with Gasteiger partial charge in [-0.2, -0.15) is 5.10 Å². The van der Waals surface area contributed by atoms with Crippen LogP contribution in [0.4, 0.5) is 5.82 Å². The molecule has 17 heavy (non-hydrogen) atoms. The van der Waals surface area contributed by atoms with Crippen molar-refractivity contribution in [1.82, 2.24) is 9.78 Å². The molecule has 1 aliphatic rings. The third kappa shape index (κ3) is 2.80. The van der Waals surface area contributed by atoms with Crippen LogP contribution < -0.4 is 5.73 Å². The fraction of sp³-hybridized carbons (Fsp3) is 0.727. The molecular formula is C11H19N3O2S. The molecule has 1 aliphatic heterocycles. The normalized spacial score (nSPS) is 23.4. The molecule has 0 aliphatic carbocycles. The highest BCUT2D eigenvalue weighted by atomic mass is 32.2. The van der Waals surface area contributed by atoms with Crippen molar-refractivity contribution in [2.24, 2.45) is 5.92 Å². The van der Waals surface area contributed by atoms with Crippen LogP contribution in [-0.4, -0.2) is 29.7 Å². The van der Waals surface area contributed by atoms with Gasteiger partial charge in [0.05, 0.1) is 23.2 Å². The highest BCUT2D eigenvalue weighted by molar-refractivity contribution is 7.91. The van der Waals surface area contributed by atoms with Crippen molar-refractivity contribution in [2.75, 3.05) is 17.2 Å². The van der Waals surface area contributed by atoms with Gasteiger partial charge in [0.25, 0.3) is 0 Å². The fourth-order valence-electron chi connectivity index (χ4n) is 2.24. The summed E-state index contributed by atoms with van der Waals surface area (Å²) in [5.74, 6) is 1.50. The molecule has 0 radical (unpaired) electrons. The second-order valence-electron chi connectivity index (χ2n) is 5.16. The lowest BCUT2D eigenvalue weighted by molar-refractivity contribution is 0.496. The van der Waals surface area contributed by atoms with Crippen LogP contribution >= 0.6 is 0 Å². The molecule has 0 saturated carbocycles. The standard InChI is InChI=1S/C11H19N3O2S/c1-8(2)5-9-6-11(12)14(13-9)10-3-4-17(15,16)7-10/h6,8,10H,3-5,7,12H2,1-2H3. The van der Waals surface area contributed by atoms with Gasteiger partial charge in [-0.3, -0.25) is 0 Å². The van der Waals surface area contributed by atoms with Gasteiger partial charge in [0.15, 0.2) is 9.84 Å². The van der Waals surface area contributed by atoms with Crippen LogP contribution in [0.3, 0.4) is 0 Å². The summed E-state index contributed by atoms with van der Waals surface area (Å²) in [7, 11) is -2.89. The highest BCUT2D eigenvalue weighted by Gasteiger charge is 2.30. The topological polar surface area (TPSA) is 78.0 Å². The summed E-state index contributed by atoms with van der Waals surface area (Å²) in [6.07, 6.45) is 1.49. The first kappa shape index (κ1) is 12.4. The smallest absolute Gasteiger partial charge is 0.152 e. The SMILES string of the molecule is CC(C)Cc1cc(N)n(C2CCS(=O)(=O)C2)n1. The maximum absolute atomic E-state index is 11.4. The third-order valence-corrected chi connectivity index (χ3v) is 4.74. The van der Waals surface area contributed by atoms with Crippen molar-refractivity contribution in [3.8, 4) is 0 Å².